The summed E-state index contributed by atoms with van der Waals surface area (Å²) in [4.78, 5) is 0. The first-order valence-corrected chi connectivity index (χ1v) is 5.86. The highest BCUT2D eigenvalue weighted by Gasteiger charge is 2.72. The van der Waals surface area contributed by atoms with Gasteiger partial charge in [0.25, 0.3) is 0 Å². The van der Waals surface area contributed by atoms with Gasteiger partial charge in [0.05, 0.1) is 24.9 Å². The van der Waals surface area contributed by atoms with E-state index in [0.717, 1.165) is 11.8 Å². The fourth-order valence-electron chi connectivity index (χ4n) is 3.51. The number of rotatable bonds is 1. The summed E-state index contributed by atoms with van der Waals surface area (Å²) in [7, 11) is 0. The van der Waals surface area contributed by atoms with Crippen LogP contribution in [0.3, 0.4) is 0 Å². The van der Waals surface area contributed by atoms with Crippen LogP contribution in [0.2, 0.25) is 0 Å². The first kappa shape index (κ1) is 11.4. The van der Waals surface area contributed by atoms with E-state index in [1.54, 1.807) is 0 Å². The summed E-state index contributed by atoms with van der Waals surface area (Å²) < 4.78 is 5.75. The standard InChI is InChI=1S/C10H16O.C2H6O2/c1-9(2)6-4-7(9)10(3)8(5-6)11-10;3-1-2-4/h6-8H,4-5H2,1-3H3;3-4H,1-2H2. The van der Waals surface area contributed by atoms with Crippen molar-refractivity contribution in [3.63, 3.8) is 0 Å². The van der Waals surface area contributed by atoms with Crippen LogP contribution in [0.15, 0.2) is 0 Å². The Kier molecular flexibility index (Phi) is 2.61. The van der Waals surface area contributed by atoms with Gasteiger partial charge in [0.15, 0.2) is 0 Å². The van der Waals surface area contributed by atoms with Gasteiger partial charge >= 0.3 is 0 Å². The van der Waals surface area contributed by atoms with Gasteiger partial charge in [-0.05, 0) is 37.0 Å². The summed E-state index contributed by atoms with van der Waals surface area (Å²) in [6.45, 7) is 6.88. The molecule has 4 aliphatic rings. The van der Waals surface area contributed by atoms with Crippen LogP contribution in [0.5, 0.6) is 0 Å². The first-order chi connectivity index (χ1) is 6.96. The quantitative estimate of drug-likeness (QED) is 0.644. The molecular weight excluding hydrogens is 192 g/mol. The molecule has 4 atom stereocenters. The van der Waals surface area contributed by atoms with Crippen molar-refractivity contribution < 1.29 is 14.9 Å². The lowest BCUT2D eigenvalue weighted by atomic mass is 9.46. The van der Waals surface area contributed by atoms with Crippen LogP contribution in [0.25, 0.3) is 0 Å². The number of hydrogen-bond acceptors (Lipinski definition) is 3. The second-order valence-corrected chi connectivity index (χ2v) is 5.78. The predicted octanol–water partition coefficient (Wildman–Crippen LogP) is 1.18. The first-order valence-electron chi connectivity index (χ1n) is 5.86. The van der Waals surface area contributed by atoms with Crippen molar-refractivity contribution in [1.29, 1.82) is 0 Å². The average Bonchev–Trinajstić information content (AvgIpc) is 2.89. The van der Waals surface area contributed by atoms with Gasteiger partial charge in [-0.1, -0.05) is 13.8 Å². The smallest absolute Gasteiger partial charge is 0.0953 e. The van der Waals surface area contributed by atoms with E-state index < -0.39 is 0 Å². The van der Waals surface area contributed by atoms with E-state index in [2.05, 4.69) is 20.8 Å². The topological polar surface area (TPSA) is 53.0 Å². The van der Waals surface area contributed by atoms with Crippen molar-refractivity contribution in [3.05, 3.63) is 0 Å². The second kappa shape index (κ2) is 3.44. The molecule has 3 aliphatic carbocycles. The van der Waals surface area contributed by atoms with Crippen LogP contribution < -0.4 is 0 Å². The lowest BCUT2D eigenvalue weighted by Crippen LogP contribution is -2.56. The summed E-state index contributed by atoms with van der Waals surface area (Å²) in [6, 6.07) is 0. The van der Waals surface area contributed by atoms with Crippen molar-refractivity contribution >= 4 is 0 Å². The molecule has 0 aromatic heterocycles. The molecule has 15 heavy (non-hydrogen) atoms. The fourth-order valence-corrected chi connectivity index (χ4v) is 3.51. The zero-order valence-corrected chi connectivity index (χ0v) is 9.86. The van der Waals surface area contributed by atoms with Crippen LogP contribution in [-0.4, -0.2) is 35.1 Å². The molecule has 1 saturated heterocycles. The van der Waals surface area contributed by atoms with Crippen molar-refractivity contribution in [2.45, 2.75) is 45.3 Å². The molecule has 0 aromatic rings. The Morgan fingerprint density at radius 2 is 1.73 bits per heavy atom. The van der Waals surface area contributed by atoms with Gasteiger partial charge in [-0.3, -0.25) is 0 Å². The maximum Gasteiger partial charge on any atom is 0.0953 e. The van der Waals surface area contributed by atoms with Gasteiger partial charge in [-0.15, -0.1) is 0 Å². The van der Waals surface area contributed by atoms with Crippen LogP contribution in [0.4, 0.5) is 0 Å². The zero-order valence-electron chi connectivity index (χ0n) is 9.86. The molecular formula is C12H22O3. The molecule has 2 N–H and O–H groups in total. The van der Waals surface area contributed by atoms with Crippen molar-refractivity contribution in [2.24, 2.45) is 17.3 Å². The molecule has 1 aliphatic heterocycles. The van der Waals surface area contributed by atoms with Gasteiger partial charge in [0.1, 0.15) is 0 Å². The molecule has 88 valence electrons. The normalized spacial score (nSPS) is 48.2. The van der Waals surface area contributed by atoms with E-state index in [4.69, 9.17) is 14.9 Å². The lowest BCUT2D eigenvalue weighted by Gasteiger charge is -2.57. The second-order valence-electron chi connectivity index (χ2n) is 5.78. The van der Waals surface area contributed by atoms with E-state index in [1.165, 1.54) is 12.8 Å². The monoisotopic (exact) mass is 214 g/mol. The number of hydrogen-bond donors (Lipinski definition) is 2. The molecule has 0 radical (unpaired) electrons. The highest BCUT2D eigenvalue weighted by molar-refractivity contribution is 5.20. The third-order valence-corrected chi connectivity index (χ3v) is 4.74. The lowest BCUT2D eigenvalue weighted by molar-refractivity contribution is -0.0789. The highest BCUT2D eigenvalue weighted by Crippen LogP contribution is 2.70. The minimum absolute atomic E-state index is 0.125. The Morgan fingerprint density at radius 3 is 2.07 bits per heavy atom. The van der Waals surface area contributed by atoms with Gasteiger partial charge in [-0.2, -0.15) is 0 Å². The molecule has 4 rings (SSSR count). The summed E-state index contributed by atoms with van der Waals surface area (Å²) >= 11 is 0. The average molecular weight is 214 g/mol. The molecule has 3 saturated carbocycles. The zero-order chi connectivity index (χ0) is 11.3. The van der Waals surface area contributed by atoms with Crippen molar-refractivity contribution in [3.8, 4) is 0 Å². The summed E-state index contributed by atoms with van der Waals surface area (Å²) in [6.07, 6.45) is 3.40. The fraction of sp³-hybridized carbons (Fsp3) is 1.00. The number of epoxide rings is 1. The Morgan fingerprint density at radius 1 is 1.13 bits per heavy atom. The Bertz CT molecular complexity index is 244. The van der Waals surface area contributed by atoms with Crippen LogP contribution in [0.1, 0.15) is 33.6 Å². The number of aliphatic hydroxyl groups is 2. The SMILES string of the molecule is CC1(C)C2CC3OC3(C)C1C2.OCCO. The van der Waals surface area contributed by atoms with Crippen molar-refractivity contribution in [2.75, 3.05) is 13.2 Å². The van der Waals surface area contributed by atoms with Gasteiger partial charge in [-0.25, -0.2) is 0 Å². The van der Waals surface area contributed by atoms with Crippen LogP contribution >= 0.6 is 0 Å². The maximum absolute atomic E-state index is 7.62. The minimum atomic E-state index is -0.125. The van der Waals surface area contributed by atoms with Crippen LogP contribution in [-0.2, 0) is 4.74 Å². The molecule has 1 heterocycles. The number of aliphatic hydroxyl groups excluding tert-OH is 2. The van der Waals surface area contributed by atoms with E-state index in [1.807, 2.05) is 0 Å². The van der Waals surface area contributed by atoms with Gasteiger partial charge < -0.3 is 14.9 Å². The van der Waals surface area contributed by atoms with E-state index in [-0.39, 0.29) is 13.2 Å². The molecule has 0 aromatic carbocycles. The maximum atomic E-state index is 7.62. The molecule has 3 heteroatoms. The van der Waals surface area contributed by atoms with E-state index in [0.29, 0.717) is 17.1 Å². The van der Waals surface area contributed by atoms with Gasteiger partial charge in [0.2, 0.25) is 0 Å². The van der Waals surface area contributed by atoms with E-state index in [9.17, 15) is 0 Å². The highest BCUT2D eigenvalue weighted by atomic mass is 16.6. The van der Waals surface area contributed by atoms with Crippen molar-refractivity contribution in [1.82, 2.24) is 0 Å². The predicted molar refractivity (Wildman–Crippen MR) is 57.4 cm³/mol. The Labute approximate surface area is 91.4 Å². The molecule has 0 amide bonds. The minimum Gasteiger partial charge on any atom is -0.394 e. The third kappa shape index (κ3) is 1.52. The van der Waals surface area contributed by atoms with Gasteiger partial charge in [0, 0.05) is 0 Å². The number of ether oxygens (including phenoxy) is 1. The molecule has 4 fully saturated rings. The summed E-state index contributed by atoms with van der Waals surface area (Å²) in [5.41, 5.74) is 0.889. The molecule has 2 bridgehead atoms. The van der Waals surface area contributed by atoms with E-state index >= 15 is 0 Å². The van der Waals surface area contributed by atoms with Crippen LogP contribution in [0, 0.1) is 17.3 Å². The molecule has 4 unspecified atom stereocenters. The summed E-state index contributed by atoms with van der Waals surface area (Å²) in [5.74, 6) is 1.83. The largest absolute Gasteiger partial charge is 0.394 e. The molecule has 0 spiro atoms. The third-order valence-electron chi connectivity index (χ3n) is 4.74. The Balaban J connectivity index is 0.000000188. The summed E-state index contributed by atoms with van der Waals surface area (Å²) in [5, 5.41) is 15.2. The molecule has 3 nitrogen and oxygen atoms in total. The Hall–Kier alpha value is -0.120.